The number of carboxylic acids is 1. The Morgan fingerprint density at radius 1 is 1.20 bits per heavy atom. The second-order valence-electron chi connectivity index (χ2n) is 4.34. The van der Waals surface area contributed by atoms with Crippen molar-refractivity contribution in [3.63, 3.8) is 0 Å². The van der Waals surface area contributed by atoms with Crippen LogP contribution < -0.4 is 4.74 Å². The van der Waals surface area contributed by atoms with Crippen molar-refractivity contribution in [2.75, 3.05) is 0 Å². The van der Waals surface area contributed by atoms with Crippen molar-refractivity contribution >= 4 is 17.0 Å². The summed E-state index contributed by atoms with van der Waals surface area (Å²) in [6, 6.07) is 10.4. The molecule has 20 heavy (non-hydrogen) atoms. The molecule has 2 heterocycles. The van der Waals surface area contributed by atoms with Gasteiger partial charge in [0.05, 0.1) is 10.9 Å². The van der Waals surface area contributed by atoms with E-state index in [1.165, 1.54) is 0 Å². The first-order valence-electron chi connectivity index (χ1n) is 6.11. The highest BCUT2D eigenvalue weighted by atomic mass is 16.5. The number of H-pyrrole nitrogens is 1. The van der Waals surface area contributed by atoms with E-state index in [2.05, 4.69) is 9.97 Å². The number of aromatic nitrogens is 2. The van der Waals surface area contributed by atoms with Crippen molar-refractivity contribution in [2.45, 2.75) is 6.61 Å². The van der Waals surface area contributed by atoms with Crippen LogP contribution in [-0.2, 0) is 6.61 Å². The van der Waals surface area contributed by atoms with E-state index in [0.717, 1.165) is 22.3 Å². The summed E-state index contributed by atoms with van der Waals surface area (Å²) >= 11 is 0. The van der Waals surface area contributed by atoms with Gasteiger partial charge in [-0.2, -0.15) is 0 Å². The second kappa shape index (κ2) is 5.05. The Hall–Kier alpha value is -2.82. The monoisotopic (exact) mass is 268 g/mol. The summed E-state index contributed by atoms with van der Waals surface area (Å²) in [7, 11) is 0. The Labute approximate surface area is 114 Å². The molecule has 0 bridgehead atoms. The number of rotatable bonds is 4. The number of hydrogen-bond acceptors (Lipinski definition) is 3. The average molecular weight is 268 g/mol. The number of fused-ring (bicyclic) bond motifs is 1. The summed E-state index contributed by atoms with van der Waals surface area (Å²) < 4.78 is 5.76. The van der Waals surface area contributed by atoms with Gasteiger partial charge in [0, 0.05) is 12.4 Å². The van der Waals surface area contributed by atoms with Crippen molar-refractivity contribution in [1.82, 2.24) is 9.97 Å². The van der Waals surface area contributed by atoms with Crippen molar-refractivity contribution in [2.24, 2.45) is 0 Å². The number of ether oxygens (including phenoxy) is 1. The lowest BCUT2D eigenvalue weighted by Gasteiger charge is -2.07. The summed E-state index contributed by atoms with van der Waals surface area (Å²) in [5.74, 6) is -0.181. The molecule has 5 nitrogen and oxygen atoms in total. The van der Waals surface area contributed by atoms with Crippen LogP contribution in [0.3, 0.4) is 0 Å². The van der Waals surface area contributed by atoms with Crippen LogP contribution >= 0.6 is 0 Å². The fraction of sp³-hybridized carbons (Fsp3) is 0.0667. The summed E-state index contributed by atoms with van der Waals surface area (Å²) in [5, 5.41) is 9.76. The van der Waals surface area contributed by atoms with E-state index in [9.17, 15) is 4.79 Å². The van der Waals surface area contributed by atoms with Gasteiger partial charge in [-0.05, 0) is 29.8 Å². The average Bonchev–Trinajstić information content (AvgIpc) is 2.94. The molecule has 5 heteroatoms. The van der Waals surface area contributed by atoms with Crippen LogP contribution in [0.25, 0.3) is 11.0 Å². The molecule has 0 spiro atoms. The predicted octanol–water partition coefficient (Wildman–Crippen LogP) is 2.84. The largest absolute Gasteiger partial charge is 0.488 e. The van der Waals surface area contributed by atoms with Crippen LogP contribution in [-0.4, -0.2) is 21.0 Å². The van der Waals surface area contributed by atoms with Gasteiger partial charge in [-0.15, -0.1) is 0 Å². The molecule has 2 aromatic heterocycles. The fourth-order valence-corrected chi connectivity index (χ4v) is 1.97. The van der Waals surface area contributed by atoms with E-state index in [4.69, 9.17) is 9.84 Å². The molecule has 0 saturated carbocycles. The number of benzene rings is 1. The Kier molecular flexibility index (Phi) is 3.09. The first-order valence-corrected chi connectivity index (χ1v) is 6.11. The van der Waals surface area contributed by atoms with E-state index >= 15 is 0 Å². The van der Waals surface area contributed by atoms with Crippen LogP contribution in [0.4, 0.5) is 0 Å². The molecule has 0 aliphatic rings. The molecular formula is C15H12N2O3. The highest BCUT2D eigenvalue weighted by molar-refractivity contribution is 5.87. The number of nitrogens with zero attached hydrogens (tertiary/aromatic N) is 1. The maximum atomic E-state index is 10.8. The molecule has 2 N–H and O–H groups in total. The number of nitrogens with one attached hydrogen (secondary N) is 1. The van der Waals surface area contributed by atoms with Crippen LogP contribution in [0.5, 0.6) is 5.75 Å². The van der Waals surface area contributed by atoms with Gasteiger partial charge < -0.3 is 14.8 Å². The minimum Gasteiger partial charge on any atom is -0.488 e. The van der Waals surface area contributed by atoms with E-state index < -0.39 is 5.97 Å². The Bertz CT molecular complexity index is 747. The van der Waals surface area contributed by atoms with Crippen LogP contribution in [0, 0.1) is 0 Å². The quantitative estimate of drug-likeness (QED) is 0.763. The van der Waals surface area contributed by atoms with Crippen molar-refractivity contribution in [3.05, 3.63) is 59.9 Å². The third-order valence-corrected chi connectivity index (χ3v) is 3.02. The Morgan fingerprint density at radius 2 is 2.00 bits per heavy atom. The summed E-state index contributed by atoms with van der Waals surface area (Å²) in [5.41, 5.74) is 1.96. The topological polar surface area (TPSA) is 75.2 Å². The minimum absolute atomic E-state index is 0.269. The molecule has 0 aliphatic carbocycles. The first-order chi connectivity index (χ1) is 9.74. The highest BCUT2D eigenvalue weighted by Crippen LogP contribution is 2.23. The van der Waals surface area contributed by atoms with Gasteiger partial charge >= 0.3 is 5.97 Å². The molecule has 0 fully saturated rings. The van der Waals surface area contributed by atoms with Crippen molar-refractivity contribution in [3.8, 4) is 5.75 Å². The van der Waals surface area contributed by atoms with E-state index in [1.807, 2.05) is 18.3 Å². The number of carbonyl (C=O) groups is 1. The van der Waals surface area contributed by atoms with E-state index in [0.29, 0.717) is 6.61 Å². The Balaban J connectivity index is 1.76. The summed E-state index contributed by atoms with van der Waals surface area (Å²) in [6.07, 6.45) is 3.49. The summed E-state index contributed by atoms with van der Waals surface area (Å²) in [4.78, 5) is 18.0. The summed E-state index contributed by atoms with van der Waals surface area (Å²) in [6.45, 7) is 0.379. The molecule has 0 atom stereocenters. The van der Waals surface area contributed by atoms with Crippen LogP contribution in [0.1, 0.15) is 15.9 Å². The first kappa shape index (κ1) is 12.2. The number of hydrogen-bond donors (Lipinski definition) is 2. The highest BCUT2D eigenvalue weighted by Gasteiger charge is 2.05. The molecule has 0 unspecified atom stereocenters. The molecule has 3 rings (SSSR count). The standard InChI is InChI=1S/C15H12N2O3/c18-15(19)11-3-1-10(2-4-11)9-20-13-6-8-17-14-12(13)5-7-16-14/h1-8H,9H2,(H,16,17)(H,18,19). The predicted molar refractivity (Wildman–Crippen MR) is 73.8 cm³/mol. The molecule has 0 saturated heterocycles. The number of pyridine rings is 1. The van der Waals surface area contributed by atoms with Gasteiger partial charge in [-0.3, -0.25) is 0 Å². The molecule has 3 aromatic rings. The molecule has 0 radical (unpaired) electrons. The zero-order valence-electron chi connectivity index (χ0n) is 10.5. The lowest BCUT2D eigenvalue weighted by Crippen LogP contribution is -1.99. The van der Waals surface area contributed by atoms with Gasteiger partial charge in [0.2, 0.25) is 0 Å². The molecule has 0 aliphatic heterocycles. The zero-order chi connectivity index (χ0) is 13.9. The smallest absolute Gasteiger partial charge is 0.335 e. The zero-order valence-corrected chi connectivity index (χ0v) is 10.5. The van der Waals surface area contributed by atoms with Gasteiger partial charge in [-0.1, -0.05) is 12.1 Å². The normalized spacial score (nSPS) is 10.6. The van der Waals surface area contributed by atoms with Crippen molar-refractivity contribution < 1.29 is 14.6 Å². The van der Waals surface area contributed by atoms with Crippen molar-refractivity contribution in [1.29, 1.82) is 0 Å². The van der Waals surface area contributed by atoms with Gasteiger partial charge in [0.1, 0.15) is 18.0 Å². The SMILES string of the molecule is O=C(O)c1ccc(COc2ccnc3[nH]ccc23)cc1. The van der Waals surface area contributed by atoms with E-state index in [1.54, 1.807) is 30.5 Å². The van der Waals surface area contributed by atoms with Crippen LogP contribution in [0.15, 0.2) is 48.8 Å². The minimum atomic E-state index is -0.930. The van der Waals surface area contributed by atoms with Crippen LogP contribution in [0.2, 0.25) is 0 Å². The maximum Gasteiger partial charge on any atom is 0.335 e. The van der Waals surface area contributed by atoms with Gasteiger partial charge in [0.25, 0.3) is 0 Å². The molecule has 0 amide bonds. The lowest BCUT2D eigenvalue weighted by molar-refractivity contribution is 0.0697. The number of carboxylic acid groups (broad SMARTS) is 1. The van der Waals surface area contributed by atoms with E-state index in [-0.39, 0.29) is 5.56 Å². The number of aromatic amines is 1. The number of aromatic carboxylic acids is 1. The second-order valence-corrected chi connectivity index (χ2v) is 4.34. The molecular weight excluding hydrogens is 256 g/mol. The molecule has 1 aromatic carbocycles. The maximum absolute atomic E-state index is 10.8. The third-order valence-electron chi connectivity index (χ3n) is 3.02. The molecule has 100 valence electrons. The lowest BCUT2D eigenvalue weighted by atomic mass is 10.1. The Morgan fingerprint density at radius 3 is 2.75 bits per heavy atom. The van der Waals surface area contributed by atoms with Gasteiger partial charge in [-0.25, -0.2) is 9.78 Å². The fourth-order valence-electron chi connectivity index (χ4n) is 1.97. The van der Waals surface area contributed by atoms with Gasteiger partial charge in [0.15, 0.2) is 0 Å². The third kappa shape index (κ3) is 2.33.